The average Bonchev–Trinajstić information content (AvgIpc) is 2.75. The van der Waals surface area contributed by atoms with Gasteiger partial charge < -0.3 is 9.26 Å². The fourth-order valence-electron chi connectivity index (χ4n) is 3.00. The third-order valence-corrected chi connectivity index (χ3v) is 4.09. The van der Waals surface area contributed by atoms with Crippen LogP contribution in [0.3, 0.4) is 0 Å². The van der Waals surface area contributed by atoms with Crippen LogP contribution >= 0.6 is 0 Å². The Labute approximate surface area is 126 Å². The molecule has 0 aliphatic heterocycles. The highest BCUT2D eigenvalue weighted by molar-refractivity contribution is 5.81. The van der Waals surface area contributed by atoms with Gasteiger partial charge in [-0.15, -0.1) is 0 Å². The molecule has 118 valence electrons. The van der Waals surface area contributed by atoms with E-state index in [9.17, 15) is 4.79 Å². The Bertz CT molecular complexity index is 460. The molecule has 0 bridgehead atoms. The number of hydrogen-bond donors (Lipinski definition) is 0. The van der Waals surface area contributed by atoms with Crippen molar-refractivity contribution in [3.8, 4) is 0 Å². The molecule has 0 saturated heterocycles. The molecule has 1 aromatic heterocycles. The van der Waals surface area contributed by atoms with E-state index in [0.29, 0.717) is 24.2 Å². The summed E-state index contributed by atoms with van der Waals surface area (Å²) in [5.74, 6) is 1.40. The van der Waals surface area contributed by atoms with E-state index in [1.165, 1.54) is 0 Å². The van der Waals surface area contributed by atoms with Crippen LogP contribution in [0.15, 0.2) is 4.52 Å². The Hall–Kier alpha value is -1.39. The van der Waals surface area contributed by atoms with Crippen molar-refractivity contribution in [3.05, 3.63) is 11.7 Å². The molecule has 0 spiro atoms. The monoisotopic (exact) mass is 294 g/mol. The van der Waals surface area contributed by atoms with E-state index >= 15 is 0 Å². The largest absolute Gasteiger partial charge is 0.465 e. The van der Waals surface area contributed by atoms with Gasteiger partial charge in [-0.25, -0.2) is 0 Å². The van der Waals surface area contributed by atoms with Gasteiger partial charge >= 0.3 is 5.97 Å². The highest BCUT2D eigenvalue weighted by atomic mass is 16.5. The molecule has 1 aromatic rings. The van der Waals surface area contributed by atoms with Crippen LogP contribution in [0.25, 0.3) is 0 Å². The second-order valence-corrected chi connectivity index (χ2v) is 6.33. The van der Waals surface area contributed by atoms with Crippen molar-refractivity contribution in [3.63, 3.8) is 0 Å². The summed E-state index contributed by atoms with van der Waals surface area (Å²) in [4.78, 5) is 17.1. The molecule has 5 nitrogen and oxygen atoms in total. The Kier molecular flexibility index (Phi) is 5.37. The molecule has 2 rings (SSSR count). The number of rotatable bonds is 5. The first-order valence-corrected chi connectivity index (χ1v) is 8.09. The van der Waals surface area contributed by atoms with Crippen molar-refractivity contribution in [2.24, 2.45) is 5.92 Å². The van der Waals surface area contributed by atoms with Crippen molar-refractivity contribution in [1.29, 1.82) is 0 Å². The van der Waals surface area contributed by atoms with Gasteiger partial charge in [0, 0.05) is 6.42 Å². The third kappa shape index (κ3) is 3.63. The molecule has 1 aliphatic rings. The van der Waals surface area contributed by atoms with Crippen molar-refractivity contribution >= 4 is 5.97 Å². The maximum Gasteiger partial charge on any atom is 0.321 e. The SMILES string of the molecule is CCOC(=O)C1(c2nc(CC(C)C)no2)CCCCCC1. The molecular weight excluding hydrogens is 268 g/mol. The minimum Gasteiger partial charge on any atom is -0.465 e. The quantitative estimate of drug-likeness (QED) is 0.615. The van der Waals surface area contributed by atoms with Crippen LogP contribution in [-0.4, -0.2) is 22.7 Å². The number of nitrogens with zero attached hydrogens (tertiary/aromatic N) is 2. The summed E-state index contributed by atoms with van der Waals surface area (Å²) in [6.45, 7) is 6.44. The summed E-state index contributed by atoms with van der Waals surface area (Å²) in [7, 11) is 0. The lowest BCUT2D eigenvalue weighted by Gasteiger charge is -2.25. The number of esters is 1. The van der Waals surface area contributed by atoms with Crippen molar-refractivity contribution in [1.82, 2.24) is 10.1 Å². The van der Waals surface area contributed by atoms with Gasteiger partial charge in [0.05, 0.1) is 6.61 Å². The molecule has 5 heteroatoms. The Morgan fingerprint density at radius 2 is 1.95 bits per heavy atom. The van der Waals surface area contributed by atoms with E-state index in [2.05, 4.69) is 24.0 Å². The maximum absolute atomic E-state index is 12.6. The van der Waals surface area contributed by atoms with Gasteiger partial charge in [0.25, 0.3) is 0 Å². The van der Waals surface area contributed by atoms with E-state index in [1.807, 2.05) is 6.92 Å². The zero-order valence-corrected chi connectivity index (χ0v) is 13.4. The van der Waals surface area contributed by atoms with Crippen molar-refractivity contribution in [2.45, 2.75) is 71.1 Å². The second-order valence-electron chi connectivity index (χ2n) is 6.33. The molecule has 0 unspecified atom stereocenters. The van der Waals surface area contributed by atoms with Crippen LogP contribution in [-0.2, 0) is 21.4 Å². The first-order valence-electron chi connectivity index (χ1n) is 8.09. The fraction of sp³-hybridized carbons (Fsp3) is 0.812. The molecule has 0 amide bonds. The summed E-state index contributed by atoms with van der Waals surface area (Å²) >= 11 is 0. The molecule has 1 fully saturated rings. The van der Waals surface area contributed by atoms with Gasteiger partial charge in [0.2, 0.25) is 5.89 Å². The predicted octanol–water partition coefficient (Wildman–Crippen LogP) is 3.42. The zero-order valence-electron chi connectivity index (χ0n) is 13.4. The molecule has 0 N–H and O–H groups in total. The number of aromatic nitrogens is 2. The minimum atomic E-state index is -0.727. The fourth-order valence-corrected chi connectivity index (χ4v) is 3.00. The molecule has 1 saturated carbocycles. The van der Waals surface area contributed by atoms with Gasteiger partial charge in [-0.05, 0) is 25.7 Å². The van der Waals surface area contributed by atoms with Crippen LogP contribution in [0, 0.1) is 5.92 Å². The van der Waals surface area contributed by atoms with Gasteiger partial charge in [-0.2, -0.15) is 4.98 Å². The second kappa shape index (κ2) is 7.05. The van der Waals surface area contributed by atoms with Crippen molar-refractivity contribution in [2.75, 3.05) is 6.61 Å². The molecule has 1 heterocycles. The molecule has 21 heavy (non-hydrogen) atoms. The molecular formula is C16H26N2O3. The summed E-state index contributed by atoms with van der Waals surface area (Å²) < 4.78 is 10.8. The Morgan fingerprint density at radius 1 is 1.29 bits per heavy atom. The third-order valence-electron chi connectivity index (χ3n) is 4.09. The lowest BCUT2D eigenvalue weighted by atomic mass is 9.80. The standard InChI is InChI=1S/C16H26N2O3/c1-4-20-15(19)16(9-7-5-6-8-10-16)14-17-13(18-21-14)11-12(2)3/h12H,4-11H2,1-3H3. The molecule has 0 radical (unpaired) electrons. The van der Waals surface area contributed by atoms with E-state index in [-0.39, 0.29) is 5.97 Å². The van der Waals surface area contributed by atoms with Gasteiger partial charge in [-0.3, -0.25) is 4.79 Å². The molecule has 1 aliphatic carbocycles. The van der Waals surface area contributed by atoms with Gasteiger partial charge in [0.15, 0.2) is 5.82 Å². The lowest BCUT2D eigenvalue weighted by Crippen LogP contribution is -2.37. The van der Waals surface area contributed by atoms with Crippen LogP contribution in [0.2, 0.25) is 0 Å². The van der Waals surface area contributed by atoms with E-state index in [0.717, 1.165) is 44.9 Å². The highest BCUT2D eigenvalue weighted by Crippen LogP contribution is 2.38. The normalized spacial score (nSPS) is 18.5. The van der Waals surface area contributed by atoms with E-state index in [4.69, 9.17) is 9.26 Å². The molecule has 0 atom stereocenters. The Morgan fingerprint density at radius 3 is 2.52 bits per heavy atom. The number of carbonyl (C=O) groups excluding carboxylic acids is 1. The lowest BCUT2D eigenvalue weighted by molar-refractivity contribution is -0.152. The summed E-state index contributed by atoms with van der Waals surface area (Å²) in [6, 6.07) is 0. The number of ether oxygens (including phenoxy) is 1. The average molecular weight is 294 g/mol. The maximum atomic E-state index is 12.6. The topological polar surface area (TPSA) is 65.2 Å². The summed E-state index contributed by atoms with van der Waals surface area (Å²) in [6.07, 6.45) is 6.55. The van der Waals surface area contributed by atoms with Gasteiger partial charge in [-0.1, -0.05) is 44.7 Å². The smallest absolute Gasteiger partial charge is 0.321 e. The van der Waals surface area contributed by atoms with E-state index < -0.39 is 5.41 Å². The van der Waals surface area contributed by atoms with Crippen LogP contribution < -0.4 is 0 Å². The minimum absolute atomic E-state index is 0.202. The predicted molar refractivity (Wildman–Crippen MR) is 78.9 cm³/mol. The van der Waals surface area contributed by atoms with E-state index in [1.54, 1.807) is 0 Å². The first-order chi connectivity index (χ1) is 10.1. The van der Waals surface area contributed by atoms with Crippen LogP contribution in [0.4, 0.5) is 0 Å². The number of hydrogen-bond acceptors (Lipinski definition) is 5. The zero-order chi connectivity index (χ0) is 15.3. The van der Waals surface area contributed by atoms with Crippen molar-refractivity contribution < 1.29 is 14.1 Å². The number of carbonyl (C=O) groups is 1. The molecule has 0 aromatic carbocycles. The Balaban J connectivity index is 2.29. The van der Waals surface area contributed by atoms with Gasteiger partial charge in [0.1, 0.15) is 5.41 Å². The summed E-state index contributed by atoms with van der Waals surface area (Å²) in [5.41, 5.74) is -0.727. The van der Waals surface area contributed by atoms with Crippen LogP contribution in [0.1, 0.15) is 71.0 Å². The summed E-state index contributed by atoms with van der Waals surface area (Å²) in [5, 5.41) is 4.06. The highest BCUT2D eigenvalue weighted by Gasteiger charge is 2.46. The first kappa shape index (κ1) is 16.0. The van der Waals surface area contributed by atoms with Crippen LogP contribution in [0.5, 0.6) is 0 Å².